The van der Waals surface area contributed by atoms with E-state index in [1.807, 2.05) is 13.8 Å². The van der Waals surface area contributed by atoms with Gasteiger partial charge in [0.2, 0.25) is 5.91 Å². The van der Waals surface area contributed by atoms with Gasteiger partial charge in [0.15, 0.2) is 0 Å². The van der Waals surface area contributed by atoms with E-state index in [0.717, 1.165) is 23.7 Å². The van der Waals surface area contributed by atoms with Crippen LogP contribution in [0.3, 0.4) is 0 Å². The number of nitrogens with one attached hydrogen (secondary N) is 1. The van der Waals surface area contributed by atoms with Crippen molar-refractivity contribution in [2.45, 2.75) is 58.0 Å². The van der Waals surface area contributed by atoms with Crippen molar-refractivity contribution >= 4 is 5.91 Å². The molecule has 18 heavy (non-hydrogen) atoms. The summed E-state index contributed by atoms with van der Waals surface area (Å²) >= 11 is 0. The van der Waals surface area contributed by atoms with E-state index in [-0.39, 0.29) is 17.9 Å². The van der Waals surface area contributed by atoms with Crippen LogP contribution in [-0.2, 0) is 4.79 Å². The van der Waals surface area contributed by atoms with Crippen molar-refractivity contribution in [1.29, 1.82) is 0 Å². The van der Waals surface area contributed by atoms with Crippen LogP contribution < -0.4 is 11.1 Å². The van der Waals surface area contributed by atoms with Crippen molar-refractivity contribution in [3.05, 3.63) is 0 Å². The fraction of sp³-hybridized carbons (Fsp3) is 0.933. The molecule has 3 nitrogen and oxygen atoms in total. The Hall–Kier alpha value is -0.570. The molecule has 5 unspecified atom stereocenters. The normalized spacial score (nSPS) is 43.2. The first-order chi connectivity index (χ1) is 8.58. The van der Waals surface area contributed by atoms with Gasteiger partial charge in [-0.1, -0.05) is 20.3 Å². The Morgan fingerprint density at radius 1 is 1.17 bits per heavy atom. The van der Waals surface area contributed by atoms with Crippen LogP contribution in [0.25, 0.3) is 0 Å². The molecule has 0 radical (unpaired) electrons. The highest BCUT2D eigenvalue weighted by molar-refractivity contribution is 5.82. The summed E-state index contributed by atoms with van der Waals surface area (Å²) in [5.41, 5.74) is 5.93. The van der Waals surface area contributed by atoms with Crippen LogP contribution in [0.4, 0.5) is 0 Å². The Morgan fingerprint density at radius 3 is 2.61 bits per heavy atom. The van der Waals surface area contributed by atoms with Gasteiger partial charge in [-0.3, -0.25) is 4.79 Å². The van der Waals surface area contributed by atoms with E-state index in [4.69, 9.17) is 5.73 Å². The topological polar surface area (TPSA) is 55.1 Å². The molecule has 2 bridgehead atoms. The first-order valence-corrected chi connectivity index (χ1v) is 7.64. The average molecular weight is 250 g/mol. The fourth-order valence-corrected chi connectivity index (χ4v) is 4.82. The molecule has 0 aromatic heterocycles. The lowest BCUT2D eigenvalue weighted by molar-refractivity contribution is -0.124. The van der Waals surface area contributed by atoms with E-state index in [9.17, 15) is 4.79 Å². The van der Waals surface area contributed by atoms with E-state index in [2.05, 4.69) is 5.32 Å². The highest BCUT2D eigenvalue weighted by atomic mass is 16.2. The summed E-state index contributed by atoms with van der Waals surface area (Å²) in [6.45, 7) is 4.02. The first kappa shape index (κ1) is 12.5. The minimum atomic E-state index is -0.344. The van der Waals surface area contributed by atoms with Gasteiger partial charge in [0, 0.05) is 6.04 Å². The maximum absolute atomic E-state index is 12.1. The van der Waals surface area contributed by atoms with Crippen LogP contribution in [0.1, 0.15) is 46.0 Å². The number of hydrogen-bond donors (Lipinski definition) is 2. The quantitative estimate of drug-likeness (QED) is 0.804. The monoisotopic (exact) mass is 250 g/mol. The van der Waals surface area contributed by atoms with Gasteiger partial charge in [-0.05, 0) is 55.3 Å². The Kier molecular flexibility index (Phi) is 3.13. The zero-order chi connectivity index (χ0) is 12.9. The second kappa shape index (κ2) is 4.52. The van der Waals surface area contributed by atoms with Gasteiger partial charge in [-0.25, -0.2) is 0 Å². The molecule has 3 fully saturated rings. The van der Waals surface area contributed by atoms with Gasteiger partial charge >= 0.3 is 0 Å². The Balaban J connectivity index is 1.61. The molecule has 3 heteroatoms. The number of hydrogen-bond acceptors (Lipinski definition) is 2. The standard InChI is InChI=1S/C15H26N2O/c1-8(2)14(16)15(18)17-13-7-9-6-12(13)11-5-3-4-10(9)11/h8-14H,3-7,16H2,1-2H3,(H,17,18)/t9?,10?,11?,12?,13?,14-/m0/s1. The zero-order valence-electron chi connectivity index (χ0n) is 11.6. The first-order valence-electron chi connectivity index (χ1n) is 7.64. The minimum absolute atomic E-state index is 0.0668. The summed E-state index contributed by atoms with van der Waals surface area (Å²) in [5, 5.41) is 3.24. The van der Waals surface area contributed by atoms with Crippen LogP contribution in [-0.4, -0.2) is 18.0 Å². The molecule has 0 aromatic carbocycles. The number of carbonyl (C=O) groups excluding carboxylic acids is 1. The lowest BCUT2D eigenvalue weighted by Gasteiger charge is -2.33. The third kappa shape index (κ3) is 1.87. The van der Waals surface area contributed by atoms with E-state index in [1.165, 1.54) is 32.1 Å². The number of rotatable bonds is 3. The molecule has 0 saturated heterocycles. The third-order valence-corrected chi connectivity index (χ3v) is 5.78. The summed E-state index contributed by atoms with van der Waals surface area (Å²) in [5.74, 6) is 3.83. The molecule has 0 spiro atoms. The summed E-state index contributed by atoms with van der Waals surface area (Å²) < 4.78 is 0. The van der Waals surface area contributed by atoms with Crippen molar-refractivity contribution in [2.75, 3.05) is 0 Å². The Morgan fingerprint density at radius 2 is 1.89 bits per heavy atom. The molecule has 3 aliphatic rings. The molecule has 0 heterocycles. The highest BCUT2D eigenvalue weighted by Crippen LogP contribution is 2.58. The summed E-state index contributed by atoms with van der Waals surface area (Å²) in [6.07, 6.45) is 6.82. The third-order valence-electron chi connectivity index (χ3n) is 5.78. The molecule has 3 N–H and O–H groups in total. The summed E-state index contributed by atoms with van der Waals surface area (Å²) in [4.78, 5) is 12.1. The molecule has 102 valence electrons. The highest BCUT2D eigenvalue weighted by Gasteiger charge is 2.54. The van der Waals surface area contributed by atoms with Crippen LogP contribution >= 0.6 is 0 Å². The van der Waals surface area contributed by atoms with Crippen molar-refractivity contribution < 1.29 is 4.79 Å². The SMILES string of the molecule is CC(C)[C@H](N)C(=O)NC1CC2CC1C1CCCC21. The maximum Gasteiger partial charge on any atom is 0.237 e. The van der Waals surface area contributed by atoms with Crippen molar-refractivity contribution in [3.8, 4) is 0 Å². The maximum atomic E-state index is 12.1. The number of nitrogens with two attached hydrogens (primary N) is 1. The number of carbonyl (C=O) groups is 1. The molecule has 3 rings (SSSR count). The molecular formula is C15H26N2O. The van der Waals surface area contributed by atoms with Gasteiger partial charge in [0.25, 0.3) is 0 Å². The van der Waals surface area contributed by atoms with Gasteiger partial charge in [0.1, 0.15) is 0 Å². The number of fused-ring (bicyclic) bond motifs is 5. The van der Waals surface area contributed by atoms with E-state index < -0.39 is 0 Å². The lowest BCUT2D eigenvalue weighted by atomic mass is 9.79. The van der Waals surface area contributed by atoms with Gasteiger partial charge in [0.05, 0.1) is 6.04 Å². The minimum Gasteiger partial charge on any atom is -0.352 e. The largest absolute Gasteiger partial charge is 0.352 e. The number of amides is 1. The van der Waals surface area contributed by atoms with Crippen LogP contribution in [0.15, 0.2) is 0 Å². The fourth-order valence-electron chi connectivity index (χ4n) is 4.82. The predicted octanol–water partition coefficient (Wildman–Crippen LogP) is 1.91. The second-order valence-corrected chi connectivity index (χ2v) is 7.04. The summed E-state index contributed by atoms with van der Waals surface area (Å²) in [6, 6.07) is 0.0788. The van der Waals surface area contributed by atoms with Crippen LogP contribution in [0.5, 0.6) is 0 Å². The Bertz CT molecular complexity index is 341. The molecule has 0 aromatic rings. The molecular weight excluding hydrogens is 224 g/mol. The molecule has 6 atom stereocenters. The van der Waals surface area contributed by atoms with Crippen LogP contribution in [0, 0.1) is 29.6 Å². The molecule has 0 aliphatic heterocycles. The molecule has 1 amide bonds. The predicted molar refractivity (Wildman–Crippen MR) is 71.8 cm³/mol. The summed E-state index contributed by atoms with van der Waals surface area (Å²) in [7, 11) is 0. The average Bonchev–Trinajstić information content (AvgIpc) is 2.98. The zero-order valence-corrected chi connectivity index (χ0v) is 11.6. The second-order valence-electron chi connectivity index (χ2n) is 7.04. The molecule has 3 saturated carbocycles. The van der Waals surface area contributed by atoms with E-state index in [0.29, 0.717) is 6.04 Å². The van der Waals surface area contributed by atoms with Crippen molar-refractivity contribution in [1.82, 2.24) is 5.32 Å². The van der Waals surface area contributed by atoms with Gasteiger partial charge in [-0.15, -0.1) is 0 Å². The van der Waals surface area contributed by atoms with Gasteiger partial charge in [-0.2, -0.15) is 0 Å². The van der Waals surface area contributed by atoms with Crippen molar-refractivity contribution in [3.63, 3.8) is 0 Å². The van der Waals surface area contributed by atoms with E-state index in [1.54, 1.807) is 0 Å². The van der Waals surface area contributed by atoms with Crippen molar-refractivity contribution in [2.24, 2.45) is 35.3 Å². The van der Waals surface area contributed by atoms with Gasteiger partial charge < -0.3 is 11.1 Å². The van der Waals surface area contributed by atoms with E-state index >= 15 is 0 Å². The van der Waals surface area contributed by atoms with Crippen LogP contribution in [0.2, 0.25) is 0 Å². The smallest absolute Gasteiger partial charge is 0.237 e. The Labute approximate surface area is 110 Å². The lowest BCUT2D eigenvalue weighted by Crippen LogP contribution is -2.50. The molecule has 3 aliphatic carbocycles.